The van der Waals surface area contributed by atoms with Gasteiger partial charge in [0.1, 0.15) is 0 Å². The molecule has 1 rings (SSSR count). The Labute approximate surface area is 105 Å². The molecule has 0 fully saturated rings. The lowest BCUT2D eigenvalue weighted by molar-refractivity contribution is 0.0326. The highest BCUT2D eigenvalue weighted by atomic mass is 16.5. The molecular formula is C15H24O2. The second kappa shape index (κ2) is 7.46. The summed E-state index contributed by atoms with van der Waals surface area (Å²) >= 11 is 0. The maximum atomic E-state index is 5.65. The molecule has 0 heterocycles. The van der Waals surface area contributed by atoms with Crippen LogP contribution < -0.4 is 0 Å². The Morgan fingerprint density at radius 3 is 2.18 bits per heavy atom. The van der Waals surface area contributed by atoms with Crippen molar-refractivity contribution in [3.63, 3.8) is 0 Å². The van der Waals surface area contributed by atoms with E-state index in [1.807, 2.05) is 6.07 Å². The largest absolute Gasteiger partial charge is 0.384 e. The zero-order chi connectivity index (χ0) is 12.7. The van der Waals surface area contributed by atoms with E-state index in [0.29, 0.717) is 18.4 Å². The molecule has 2 heteroatoms. The van der Waals surface area contributed by atoms with Gasteiger partial charge in [-0.05, 0) is 17.9 Å². The van der Waals surface area contributed by atoms with Crippen LogP contribution in [-0.2, 0) is 9.47 Å². The smallest absolute Gasteiger partial charge is 0.0664 e. The number of methoxy groups -OCH3 is 2. The molecule has 2 unspecified atom stereocenters. The monoisotopic (exact) mass is 236 g/mol. The second-order valence-electron chi connectivity index (χ2n) is 4.88. The van der Waals surface area contributed by atoms with E-state index in [2.05, 4.69) is 38.1 Å². The standard InChI is InChI=1S/C15H24O2/c1-12(2)10-15(17-4)14(11-16-3)13-8-6-5-7-9-13/h5-9,12,14-15H,10-11H2,1-4H3. The summed E-state index contributed by atoms with van der Waals surface area (Å²) in [5, 5.41) is 0. The molecule has 0 spiro atoms. The molecule has 0 saturated carbocycles. The first-order valence-corrected chi connectivity index (χ1v) is 6.25. The Morgan fingerprint density at radius 2 is 1.71 bits per heavy atom. The van der Waals surface area contributed by atoms with Crippen LogP contribution in [0.15, 0.2) is 30.3 Å². The van der Waals surface area contributed by atoms with Crippen molar-refractivity contribution in [1.82, 2.24) is 0 Å². The number of rotatable bonds is 7. The van der Waals surface area contributed by atoms with Crippen molar-refractivity contribution in [2.75, 3.05) is 20.8 Å². The molecule has 0 amide bonds. The van der Waals surface area contributed by atoms with E-state index in [1.54, 1.807) is 14.2 Å². The van der Waals surface area contributed by atoms with Crippen LogP contribution in [0.1, 0.15) is 31.7 Å². The predicted molar refractivity (Wildman–Crippen MR) is 71.3 cm³/mol. The molecule has 96 valence electrons. The minimum atomic E-state index is 0.220. The van der Waals surface area contributed by atoms with Crippen LogP contribution in [0.2, 0.25) is 0 Å². The normalized spacial score (nSPS) is 14.9. The van der Waals surface area contributed by atoms with E-state index in [-0.39, 0.29) is 6.10 Å². The quantitative estimate of drug-likeness (QED) is 0.721. The Kier molecular flexibility index (Phi) is 6.23. The van der Waals surface area contributed by atoms with E-state index >= 15 is 0 Å². The molecule has 0 aromatic heterocycles. The van der Waals surface area contributed by atoms with Gasteiger partial charge in [0.25, 0.3) is 0 Å². The third kappa shape index (κ3) is 4.49. The van der Waals surface area contributed by atoms with Gasteiger partial charge in [0.15, 0.2) is 0 Å². The third-order valence-corrected chi connectivity index (χ3v) is 3.03. The molecule has 0 aliphatic carbocycles. The van der Waals surface area contributed by atoms with Crippen LogP contribution in [0.4, 0.5) is 0 Å². The summed E-state index contributed by atoms with van der Waals surface area (Å²) in [6, 6.07) is 10.5. The minimum absolute atomic E-state index is 0.220. The maximum absolute atomic E-state index is 5.65. The van der Waals surface area contributed by atoms with Crippen LogP contribution >= 0.6 is 0 Å². The van der Waals surface area contributed by atoms with Crippen molar-refractivity contribution >= 4 is 0 Å². The minimum Gasteiger partial charge on any atom is -0.384 e. The van der Waals surface area contributed by atoms with E-state index in [4.69, 9.17) is 9.47 Å². The summed E-state index contributed by atoms with van der Waals surface area (Å²) in [5.74, 6) is 0.941. The lowest BCUT2D eigenvalue weighted by atomic mass is 9.89. The van der Waals surface area contributed by atoms with Crippen molar-refractivity contribution in [3.8, 4) is 0 Å². The molecule has 0 saturated heterocycles. The van der Waals surface area contributed by atoms with Gasteiger partial charge in [-0.15, -0.1) is 0 Å². The zero-order valence-electron chi connectivity index (χ0n) is 11.3. The first-order valence-electron chi connectivity index (χ1n) is 6.25. The number of hydrogen-bond acceptors (Lipinski definition) is 2. The van der Waals surface area contributed by atoms with Gasteiger partial charge in [0.2, 0.25) is 0 Å². The van der Waals surface area contributed by atoms with E-state index in [0.717, 1.165) is 6.42 Å². The van der Waals surface area contributed by atoms with Crippen LogP contribution in [-0.4, -0.2) is 26.9 Å². The summed E-state index contributed by atoms with van der Waals surface area (Å²) in [6.45, 7) is 5.15. The molecule has 0 N–H and O–H groups in total. The van der Waals surface area contributed by atoms with Crippen molar-refractivity contribution in [3.05, 3.63) is 35.9 Å². The molecule has 1 aromatic carbocycles. The summed E-state index contributed by atoms with van der Waals surface area (Å²) in [4.78, 5) is 0. The molecule has 0 aliphatic rings. The van der Waals surface area contributed by atoms with E-state index in [1.165, 1.54) is 5.56 Å². The highest BCUT2D eigenvalue weighted by Gasteiger charge is 2.23. The highest BCUT2D eigenvalue weighted by Crippen LogP contribution is 2.26. The summed E-state index contributed by atoms with van der Waals surface area (Å²) in [7, 11) is 3.54. The summed E-state index contributed by atoms with van der Waals surface area (Å²) in [6.07, 6.45) is 1.27. The average Bonchev–Trinajstić information content (AvgIpc) is 2.34. The van der Waals surface area contributed by atoms with Crippen molar-refractivity contribution < 1.29 is 9.47 Å². The predicted octanol–water partition coefficient (Wildman–Crippen LogP) is 3.48. The average molecular weight is 236 g/mol. The SMILES string of the molecule is COCC(c1ccccc1)C(CC(C)C)OC. The van der Waals surface area contributed by atoms with E-state index in [9.17, 15) is 0 Å². The summed E-state index contributed by atoms with van der Waals surface area (Å²) in [5.41, 5.74) is 1.29. The highest BCUT2D eigenvalue weighted by molar-refractivity contribution is 5.21. The van der Waals surface area contributed by atoms with Gasteiger partial charge in [0, 0.05) is 20.1 Å². The third-order valence-electron chi connectivity index (χ3n) is 3.03. The fourth-order valence-corrected chi connectivity index (χ4v) is 2.19. The maximum Gasteiger partial charge on any atom is 0.0664 e. The molecule has 17 heavy (non-hydrogen) atoms. The van der Waals surface area contributed by atoms with Crippen molar-refractivity contribution in [2.24, 2.45) is 5.92 Å². The first kappa shape index (κ1) is 14.2. The van der Waals surface area contributed by atoms with Gasteiger partial charge in [-0.1, -0.05) is 44.2 Å². The molecular weight excluding hydrogens is 212 g/mol. The van der Waals surface area contributed by atoms with Gasteiger partial charge in [-0.25, -0.2) is 0 Å². The second-order valence-corrected chi connectivity index (χ2v) is 4.88. The Balaban J connectivity index is 2.83. The molecule has 0 radical (unpaired) electrons. The van der Waals surface area contributed by atoms with Crippen LogP contribution in [0.25, 0.3) is 0 Å². The number of benzene rings is 1. The van der Waals surface area contributed by atoms with Crippen LogP contribution in [0.5, 0.6) is 0 Å². The van der Waals surface area contributed by atoms with Gasteiger partial charge < -0.3 is 9.47 Å². The van der Waals surface area contributed by atoms with Crippen molar-refractivity contribution in [1.29, 1.82) is 0 Å². The zero-order valence-corrected chi connectivity index (χ0v) is 11.3. The molecule has 0 aliphatic heterocycles. The van der Waals surface area contributed by atoms with E-state index < -0.39 is 0 Å². The lowest BCUT2D eigenvalue weighted by Gasteiger charge is -2.27. The Morgan fingerprint density at radius 1 is 1.06 bits per heavy atom. The molecule has 2 nitrogen and oxygen atoms in total. The molecule has 1 aromatic rings. The van der Waals surface area contributed by atoms with Gasteiger partial charge in [-0.2, -0.15) is 0 Å². The lowest BCUT2D eigenvalue weighted by Crippen LogP contribution is -2.26. The first-order chi connectivity index (χ1) is 8.19. The molecule has 2 atom stereocenters. The Hall–Kier alpha value is -0.860. The fourth-order valence-electron chi connectivity index (χ4n) is 2.19. The van der Waals surface area contributed by atoms with Crippen LogP contribution in [0, 0.1) is 5.92 Å². The van der Waals surface area contributed by atoms with Gasteiger partial charge in [0.05, 0.1) is 12.7 Å². The summed E-state index contributed by atoms with van der Waals surface area (Å²) < 4.78 is 11.0. The van der Waals surface area contributed by atoms with Gasteiger partial charge in [-0.3, -0.25) is 0 Å². The number of ether oxygens (including phenoxy) is 2. The van der Waals surface area contributed by atoms with Crippen LogP contribution in [0.3, 0.4) is 0 Å². The van der Waals surface area contributed by atoms with Gasteiger partial charge >= 0.3 is 0 Å². The number of hydrogen-bond donors (Lipinski definition) is 0. The Bertz CT molecular complexity index is 295. The van der Waals surface area contributed by atoms with Crippen molar-refractivity contribution in [2.45, 2.75) is 32.3 Å². The fraction of sp³-hybridized carbons (Fsp3) is 0.600. The topological polar surface area (TPSA) is 18.5 Å². The molecule has 0 bridgehead atoms.